The minimum atomic E-state index is -0.416. The zero-order valence-electron chi connectivity index (χ0n) is 16.1. The van der Waals surface area contributed by atoms with E-state index >= 15 is 0 Å². The van der Waals surface area contributed by atoms with E-state index < -0.39 is 4.92 Å². The van der Waals surface area contributed by atoms with Gasteiger partial charge in [0.25, 0.3) is 0 Å². The topological polar surface area (TPSA) is 98.9 Å². The van der Waals surface area contributed by atoms with E-state index in [0.717, 1.165) is 19.6 Å². The second-order valence-corrected chi connectivity index (χ2v) is 6.68. The number of hydrogen-bond donors (Lipinski definition) is 1. The van der Waals surface area contributed by atoms with Crippen molar-refractivity contribution >= 4 is 17.3 Å². The number of aliphatic hydroxyl groups excluding tert-OH is 1. The van der Waals surface area contributed by atoms with Gasteiger partial charge in [-0.3, -0.25) is 15.0 Å². The van der Waals surface area contributed by atoms with Crippen LogP contribution in [-0.4, -0.2) is 70.8 Å². The molecule has 0 atom stereocenters. The van der Waals surface area contributed by atoms with E-state index in [-0.39, 0.29) is 18.1 Å². The van der Waals surface area contributed by atoms with E-state index in [9.17, 15) is 15.2 Å². The third-order valence-electron chi connectivity index (χ3n) is 4.94. The van der Waals surface area contributed by atoms with E-state index in [2.05, 4.69) is 27.0 Å². The van der Waals surface area contributed by atoms with E-state index in [1.165, 1.54) is 11.9 Å². The standard InChI is InChI=1S/C19H26N6O3/c1-2-23(12-13-26)18-17(25(27)28)19(21-15-20-18)24-10-8-22(9-11-24)14-16-6-4-3-5-7-16/h3-7,15,26H,2,8-14H2,1H3. The zero-order chi connectivity index (χ0) is 19.9. The van der Waals surface area contributed by atoms with E-state index in [4.69, 9.17) is 0 Å². The summed E-state index contributed by atoms with van der Waals surface area (Å²) in [5.41, 5.74) is 1.17. The maximum absolute atomic E-state index is 11.8. The second-order valence-electron chi connectivity index (χ2n) is 6.68. The molecule has 0 bridgehead atoms. The van der Waals surface area contributed by atoms with Gasteiger partial charge in [0.1, 0.15) is 6.33 Å². The van der Waals surface area contributed by atoms with Crippen LogP contribution in [0.4, 0.5) is 17.3 Å². The molecule has 2 heterocycles. The number of anilines is 2. The van der Waals surface area contributed by atoms with Gasteiger partial charge >= 0.3 is 5.69 Å². The number of rotatable bonds is 8. The number of nitro groups is 1. The molecule has 9 nitrogen and oxygen atoms in total. The lowest BCUT2D eigenvalue weighted by molar-refractivity contribution is -0.383. The highest BCUT2D eigenvalue weighted by Crippen LogP contribution is 2.34. The van der Waals surface area contributed by atoms with Gasteiger partial charge in [-0.15, -0.1) is 0 Å². The summed E-state index contributed by atoms with van der Waals surface area (Å²) >= 11 is 0. The van der Waals surface area contributed by atoms with Crippen molar-refractivity contribution in [3.63, 3.8) is 0 Å². The van der Waals surface area contributed by atoms with Crippen LogP contribution in [0.25, 0.3) is 0 Å². The van der Waals surface area contributed by atoms with Gasteiger partial charge in [0, 0.05) is 45.8 Å². The van der Waals surface area contributed by atoms with Gasteiger partial charge < -0.3 is 14.9 Å². The van der Waals surface area contributed by atoms with Crippen molar-refractivity contribution < 1.29 is 10.0 Å². The monoisotopic (exact) mass is 386 g/mol. The molecule has 150 valence electrons. The van der Waals surface area contributed by atoms with E-state index in [1.807, 2.05) is 30.0 Å². The minimum absolute atomic E-state index is 0.0886. The van der Waals surface area contributed by atoms with Gasteiger partial charge in [0.15, 0.2) is 0 Å². The van der Waals surface area contributed by atoms with E-state index in [0.29, 0.717) is 32.0 Å². The number of piperazine rings is 1. The lowest BCUT2D eigenvalue weighted by Gasteiger charge is -2.35. The Morgan fingerprint density at radius 3 is 2.50 bits per heavy atom. The molecule has 1 saturated heterocycles. The maximum atomic E-state index is 11.8. The largest absolute Gasteiger partial charge is 0.395 e. The molecule has 0 aliphatic carbocycles. The van der Waals surface area contributed by atoms with Gasteiger partial charge in [-0.2, -0.15) is 0 Å². The van der Waals surface area contributed by atoms with Crippen LogP contribution in [-0.2, 0) is 6.54 Å². The molecule has 0 amide bonds. The molecule has 1 aromatic heterocycles. The summed E-state index contributed by atoms with van der Waals surface area (Å²) in [5.74, 6) is 0.615. The molecule has 1 fully saturated rings. The molecular weight excluding hydrogens is 360 g/mol. The number of aromatic nitrogens is 2. The number of hydrogen-bond acceptors (Lipinski definition) is 8. The molecular formula is C19H26N6O3. The van der Waals surface area contributed by atoms with Gasteiger partial charge in [0.2, 0.25) is 11.6 Å². The summed E-state index contributed by atoms with van der Waals surface area (Å²) in [6, 6.07) is 10.3. The van der Waals surface area contributed by atoms with Crippen LogP contribution in [0.3, 0.4) is 0 Å². The normalized spacial score (nSPS) is 14.9. The molecule has 0 unspecified atom stereocenters. The van der Waals surface area contributed by atoms with Crippen molar-refractivity contribution in [2.45, 2.75) is 13.5 Å². The predicted octanol–water partition coefficient (Wildman–Crippen LogP) is 1.53. The van der Waals surface area contributed by atoms with Crippen LogP contribution >= 0.6 is 0 Å². The quantitative estimate of drug-likeness (QED) is 0.539. The lowest BCUT2D eigenvalue weighted by atomic mass is 10.2. The summed E-state index contributed by atoms with van der Waals surface area (Å²) in [6.45, 7) is 6.39. The number of benzene rings is 1. The number of nitrogens with zero attached hydrogens (tertiary/aromatic N) is 6. The molecule has 1 aromatic carbocycles. The van der Waals surface area contributed by atoms with Crippen molar-refractivity contribution in [1.29, 1.82) is 0 Å². The Hall–Kier alpha value is -2.78. The van der Waals surface area contributed by atoms with Crippen LogP contribution in [0.5, 0.6) is 0 Å². The fraction of sp³-hybridized carbons (Fsp3) is 0.474. The first-order valence-corrected chi connectivity index (χ1v) is 9.50. The van der Waals surface area contributed by atoms with Crippen molar-refractivity contribution in [2.24, 2.45) is 0 Å². The molecule has 0 saturated carbocycles. The zero-order valence-corrected chi connectivity index (χ0v) is 16.1. The minimum Gasteiger partial charge on any atom is -0.395 e. The third-order valence-corrected chi connectivity index (χ3v) is 4.94. The lowest BCUT2D eigenvalue weighted by Crippen LogP contribution is -2.46. The SMILES string of the molecule is CCN(CCO)c1ncnc(N2CCN(Cc3ccccc3)CC2)c1[N+](=O)[O-]. The Morgan fingerprint density at radius 1 is 1.18 bits per heavy atom. The number of aliphatic hydroxyl groups is 1. The Labute approximate surface area is 164 Å². The average molecular weight is 386 g/mol. The smallest absolute Gasteiger partial charge is 0.353 e. The van der Waals surface area contributed by atoms with E-state index in [1.54, 1.807) is 4.90 Å². The molecule has 1 aliphatic rings. The molecule has 9 heteroatoms. The highest BCUT2D eigenvalue weighted by Gasteiger charge is 2.31. The van der Waals surface area contributed by atoms with Gasteiger partial charge in [0.05, 0.1) is 11.5 Å². The number of likely N-dealkylation sites (N-methyl/N-ethyl adjacent to an activating group) is 1. The Morgan fingerprint density at radius 2 is 1.89 bits per heavy atom. The average Bonchev–Trinajstić information content (AvgIpc) is 2.72. The highest BCUT2D eigenvalue weighted by atomic mass is 16.6. The summed E-state index contributed by atoms with van der Waals surface area (Å²) < 4.78 is 0. The molecule has 1 aliphatic heterocycles. The maximum Gasteiger partial charge on any atom is 0.353 e. The highest BCUT2D eigenvalue weighted by molar-refractivity contribution is 5.71. The van der Waals surface area contributed by atoms with Crippen molar-refractivity contribution in [3.8, 4) is 0 Å². The first-order valence-electron chi connectivity index (χ1n) is 9.50. The molecule has 1 N–H and O–H groups in total. The fourth-order valence-corrected chi connectivity index (χ4v) is 3.48. The first kappa shape index (κ1) is 20.0. The summed E-state index contributed by atoms with van der Waals surface area (Å²) in [7, 11) is 0. The van der Waals surface area contributed by atoms with Crippen LogP contribution in [0.1, 0.15) is 12.5 Å². The van der Waals surface area contributed by atoms with Crippen LogP contribution in [0.2, 0.25) is 0 Å². The second kappa shape index (κ2) is 9.43. The Kier molecular flexibility index (Phi) is 6.72. The summed E-state index contributed by atoms with van der Waals surface area (Å²) in [4.78, 5) is 25.8. The molecule has 0 spiro atoms. The molecule has 0 radical (unpaired) electrons. The molecule has 3 rings (SSSR count). The van der Waals surface area contributed by atoms with Crippen LogP contribution in [0.15, 0.2) is 36.7 Å². The van der Waals surface area contributed by atoms with Crippen molar-refractivity contribution in [1.82, 2.24) is 14.9 Å². The van der Waals surface area contributed by atoms with Crippen molar-refractivity contribution in [2.75, 3.05) is 55.7 Å². The summed E-state index contributed by atoms with van der Waals surface area (Å²) in [6.07, 6.45) is 1.37. The van der Waals surface area contributed by atoms with Gasteiger partial charge in [-0.05, 0) is 12.5 Å². The Bertz CT molecular complexity index is 780. The predicted molar refractivity (Wildman–Crippen MR) is 108 cm³/mol. The first-order chi connectivity index (χ1) is 13.6. The summed E-state index contributed by atoms with van der Waals surface area (Å²) in [5, 5.41) is 21.1. The van der Waals surface area contributed by atoms with Crippen LogP contribution in [0, 0.1) is 10.1 Å². The fourth-order valence-electron chi connectivity index (χ4n) is 3.48. The molecule has 2 aromatic rings. The molecule has 28 heavy (non-hydrogen) atoms. The van der Waals surface area contributed by atoms with Crippen LogP contribution < -0.4 is 9.80 Å². The Balaban J connectivity index is 1.76. The van der Waals surface area contributed by atoms with Gasteiger partial charge in [-0.25, -0.2) is 9.97 Å². The van der Waals surface area contributed by atoms with Crippen molar-refractivity contribution in [3.05, 3.63) is 52.3 Å². The third kappa shape index (κ3) is 4.55. The van der Waals surface area contributed by atoms with Gasteiger partial charge in [-0.1, -0.05) is 30.3 Å².